The van der Waals surface area contributed by atoms with Gasteiger partial charge in [0, 0.05) is 0 Å². The highest BCUT2D eigenvalue weighted by atomic mass is 32.2. The lowest BCUT2D eigenvalue weighted by Crippen LogP contribution is -2.32. The largest absolute Gasteiger partial charge is 0.450 e. The van der Waals surface area contributed by atoms with Crippen molar-refractivity contribution in [3.8, 4) is 5.69 Å². The molecule has 0 aliphatic heterocycles. The third-order valence-electron chi connectivity index (χ3n) is 3.03. The topological polar surface area (TPSA) is 99.0 Å². The van der Waals surface area contributed by atoms with Gasteiger partial charge in [-0.05, 0) is 54.5 Å². The first-order valence-electron chi connectivity index (χ1n) is 6.96. The van der Waals surface area contributed by atoms with E-state index in [1.165, 1.54) is 5.56 Å². The third kappa shape index (κ3) is 4.52. The normalized spacial score (nSPS) is 10.4. The number of nitrogens with zero attached hydrogens (tertiary/aromatic N) is 4. The van der Waals surface area contributed by atoms with Crippen LogP contribution < -0.4 is 5.32 Å². The first-order valence-corrected chi connectivity index (χ1v) is 7.95. The fraction of sp³-hybridized carbons (Fsp3) is 0.357. The summed E-state index contributed by atoms with van der Waals surface area (Å²) in [5.74, 6) is -0.465. The Hall–Kier alpha value is -2.42. The number of thioether (sulfide) groups is 1. The lowest BCUT2D eigenvalue weighted by Gasteiger charge is -2.07. The molecule has 9 heteroatoms. The maximum Gasteiger partial charge on any atom is 0.413 e. The second-order valence-corrected chi connectivity index (χ2v) is 5.64. The summed E-state index contributed by atoms with van der Waals surface area (Å²) in [4.78, 5) is 22.8. The maximum absolute atomic E-state index is 11.7. The minimum absolute atomic E-state index is 0.00400. The van der Waals surface area contributed by atoms with Gasteiger partial charge in [0.05, 0.1) is 18.0 Å². The molecule has 8 nitrogen and oxygen atoms in total. The highest BCUT2D eigenvalue weighted by Gasteiger charge is 2.14. The summed E-state index contributed by atoms with van der Waals surface area (Å²) in [5, 5.41) is 14.1. The van der Waals surface area contributed by atoms with Gasteiger partial charge in [0.15, 0.2) is 0 Å². The molecule has 0 fully saturated rings. The number of carbonyl (C=O) groups is 2. The van der Waals surface area contributed by atoms with E-state index in [4.69, 9.17) is 0 Å². The predicted octanol–water partition coefficient (Wildman–Crippen LogP) is 1.64. The van der Waals surface area contributed by atoms with Crippen molar-refractivity contribution in [1.82, 2.24) is 25.5 Å². The molecule has 0 radical (unpaired) electrons. The number of aromatic nitrogens is 4. The van der Waals surface area contributed by atoms with Crippen LogP contribution in [0.5, 0.6) is 0 Å². The molecule has 23 heavy (non-hydrogen) atoms. The second kappa shape index (κ2) is 7.73. The van der Waals surface area contributed by atoms with Gasteiger partial charge in [-0.3, -0.25) is 10.1 Å². The zero-order valence-electron chi connectivity index (χ0n) is 13.1. The van der Waals surface area contributed by atoms with Crippen LogP contribution in [0, 0.1) is 13.8 Å². The zero-order valence-corrected chi connectivity index (χ0v) is 13.9. The number of hydrogen-bond acceptors (Lipinski definition) is 7. The van der Waals surface area contributed by atoms with E-state index in [1.54, 1.807) is 11.6 Å². The molecular weight excluding hydrogens is 318 g/mol. The number of benzene rings is 1. The van der Waals surface area contributed by atoms with Gasteiger partial charge in [-0.2, -0.15) is 4.68 Å². The molecule has 0 atom stereocenters. The van der Waals surface area contributed by atoms with Crippen LogP contribution in [-0.2, 0) is 9.53 Å². The Morgan fingerprint density at radius 1 is 1.30 bits per heavy atom. The summed E-state index contributed by atoms with van der Waals surface area (Å²) >= 11 is 1.13. The van der Waals surface area contributed by atoms with E-state index in [-0.39, 0.29) is 12.4 Å². The van der Waals surface area contributed by atoms with Crippen molar-refractivity contribution < 1.29 is 14.3 Å². The molecule has 0 aliphatic rings. The third-order valence-corrected chi connectivity index (χ3v) is 3.94. The number of aryl methyl sites for hydroxylation is 2. The minimum atomic E-state index is -0.758. The average Bonchev–Trinajstić information content (AvgIpc) is 2.96. The molecule has 1 aromatic carbocycles. The second-order valence-electron chi connectivity index (χ2n) is 4.70. The first kappa shape index (κ1) is 16.9. The van der Waals surface area contributed by atoms with E-state index < -0.39 is 12.0 Å². The average molecular weight is 335 g/mol. The van der Waals surface area contributed by atoms with Crippen LogP contribution in [0.3, 0.4) is 0 Å². The number of alkyl carbamates (subject to hydrolysis) is 1. The Morgan fingerprint density at radius 3 is 2.78 bits per heavy atom. The Balaban J connectivity index is 2.02. The van der Waals surface area contributed by atoms with Gasteiger partial charge in [0.25, 0.3) is 0 Å². The molecule has 0 saturated heterocycles. The number of carbonyl (C=O) groups excluding carboxylic acids is 2. The summed E-state index contributed by atoms with van der Waals surface area (Å²) in [5.41, 5.74) is 3.10. The van der Waals surface area contributed by atoms with Crippen LogP contribution in [-0.4, -0.2) is 44.6 Å². The Kier molecular flexibility index (Phi) is 5.69. The number of amides is 2. The summed E-state index contributed by atoms with van der Waals surface area (Å²) in [6, 6.07) is 5.85. The van der Waals surface area contributed by atoms with Crippen molar-refractivity contribution in [2.24, 2.45) is 0 Å². The first-order chi connectivity index (χ1) is 11.0. The molecule has 1 heterocycles. The summed E-state index contributed by atoms with van der Waals surface area (Å²) in [6.45, 7) is 5.89. The molecule has 1 aromatic heterocycles. The van der Waals surface area contributed by atoms with Crippen LogP contribution in [0.1, 0.15) is 18.1 Å². The highest BCUT2D eigenvalue weighted by Crippen LogP contribution is 2.19. The molecule has 2 amide bonds. The van der Waals surface area contributed by atoms with Gasteiger partial charge in [0.2, 0.25) is 11.1 Å². The van der Waals surface area contributed by atoms with E-state index >= 15 is 0 Å². The number of ether oxygens (including phenoxy) is 1. The monoisotopic (exact) mass is 335 g/mol. The van der Waals surface area contributed by atoms with Gasteiger partial charge in [-0.15, -0.1) is 5.10 Å². The quantitative estimate of drug-likeness (QED) is 0.829. The maximum atomic E-state index is 11.7. The summed E-state index contributed by atoms with van der Waals surface area (Å²) in [6.07, 6.45) is -0.758. The van der Waals surface area contributed by atoms with Crippen LogP contribution in [0.15, 0.2) is 23.4 Å². The molecule has 2 aromatic rings. The van der Waals surface area contributed by atoms with Crippen LogP contribution in [0.25, 0.3) is 5.69 Å². The highest BCUT2D eigenvalue weighted by molar-refractivity contribution is 7.99. The number of nitrogens with one attached hydrogen (secondary N) is 1. The van der Waals surface area contributed by atoms with Crippen molar-refractivity contribution in [3.05, 3.63) is 29.3 Å². The summed E-state index contributed by atoms with van der Waals surface area (Å²) in [7, 11) is 0. The van der Waals surface area contributed by atoms with Crippen molar-refractivity contribution in [3.63, 3.8) is 0 Å². The molecule has 0 aliphatic carbocycles. The predicted molar refractivity (Wildman–Crippen MR) is 84.5 cm³/mol. The van der Waals surface area contributed by atoms with E-state index in [0.29, 0.717) is 5.16 Å². The standard InChI is InChI=1S/C14H17N5O3S/c1-4-22-14(21)15-12(20)8-23-13-16-17-18-19(13)11-6-5-9(2)10(3)7-11/h5-7H,4,8H2,1-3H3,(H,15,20,21). The Morgan fingerprint density at radius 2 is 2.09 bits per heavy atom. The fourth-order valence-corrected chi connectivity index (χ4v) is 2.43. The Labute approximate surface area is 137 Å². The number of imide groups is 1. The van der Waals surface area contributed by atoms with E-state index in [1.807, 2.05) is 32.0 Å². The van der Waals surface area contributed by atoms with Gasteiger partial charge in [0.1, 0.15) is 0 Å². The van der Waals surface area contributed by atoms with Crippen molar-refractivity contribution in [2.75, 3.05) is 12.4 Å². The molecular formula is C14H17N5O3S. The van der Waals surface area contributed by atoms with Crippen LogP contribution >= 0.6 is 11.8 Å². The molecule has 2 rings (SSSR count). The Bertz CT molecular complexity index is 716. The smallest absolute Gasteiger partial charge is 0.413 e. The molecule has 1 N–H and O–H groups in total. The molecule has 0 bridgehead atoms. The zero-order chi connectivity index (χ0) is 16.8. The van der Waals surface area contributed by atoms with Gasteiger partial charge >= 0.3 is 6.09 Å². The van der Waals surface area contributed by atoms with Crippen LogP contribution in [0.2, 0.25) is 0 Å². The molecule has 0 saturated carbocycles. The minimum Gasteiger partial charge on any atom is -0.450 e. The lowest BCUT2D eigenvalue weighted by atomic mass is 10.1. The van der Waals surface area contributed by atoms with Gasteiger partial charge < -0.3 is 4.74 Å². The van der Waals surface area contributed by atoms with Gasteiger partial charge in [-0.25, -0.2) is 4.79 Å². The number of rotatable bonds is 5. The molecule has 0 spiro atoms. The van der Waals surface area contributed by atoms with Crippen molar-refractivity contribution in [2.45, 2.75) is 25.9 Å². The SMILES string of the molecule is CCOC(=O)NC(=O)CSc1nnnn1-c1ccc(C)c(C)c1. The molecule has 0 unspecified atom stereocenters. The lowest BCUT2D eigenvalue weighted by molar-refractivity contribution is -0.117. The summed E-state index contributed by atoms with van der Waals surface area (Å²) < 4.78 is 6.19. The number of hydrogen-bond donors (Lipinski definition) is 1. The van der Waals surface area contributed by atoms with Crippen molar-refractivity contribution in [1.29, 1.82) is 0 Å². The van der Waals surface area contributed by atoms with Crippen molar-refractivity contribution >= 4 is 23.8 Å². The molecule has 122 valence electrons. The van der Waals surface area contributed by atoms with E-state index in [0.717, 1.165) is 23.0 Å². The van der Waals surface area contributed by atoms with Crippen LogP contribution in [0.4, 0.5) is 4.79 Å². The fourth-order valence-electron chi connectivity index (χ4n) is 1.74. The van der Waals surface area contributed by atoms with Gasteiger partial charge in [-0.1, -0.05) is 17.8 Å². The van der Waals surface area contributed by atoms with E-state index in [9.17, 15) is 9.59 Å². The number of tetrazole rings is 1. The van der Waals surface area contributed by atoms with E-state index in [2.05, 4.69) is 25.6 Å².